The summed E-state index contributed by atoms with van der Waals surface area (Å²) in [7, 11) is 1.57. The van der Waals surface area contributed by atoms with E-state index in [9.17, 15) is 4.79 Å². The van der Waals surface area contributed by atoms with Crippen LogP contribution in [-0.4, -0.2) is 34.6 Å². The molecule has 1 aliphatic heterocycles. The molecule has 3 heterocycles. The van der Waals surface area contributed by atoms with Crippen LogP contribution in [0.15, 0.2) is 83.4 Å². The van der Waals surface area contributed by atoms with E-state index < -0.39 is 0 Å². The summed E-state index contributed by atoms with van der Waals surface area (Å²) in [6.07, 6.45) is 1.97. The Morgan fingerprint density at radius 1 is 1.16 bits per heavy atom. The lowest BCUT2D eigenvalue weighted by molar-refractivity contribution is -0.116. The molecule has 0 bridgehead atoms. The summed E-state index contributed by atoms with van der Waals surface area (Å²) < 4.78 is 11.8. The first-order valence-electron chi connectivity index (χ1n) is 12.2. The summed E-state index contributed by atoms with van der Waals surface area (Å²) in [5, 5.41) is 7.50. The molecule has 0 unspecified atom stereocenters. The molecule has 7 nitrogen and oxygen atoms in total. The van der Waals surface area contributed by atoms with Gasteiger partial charge in [0.25, 0.3) is 0 Å². The Balaban J connectivity index is 1.41. The average molecular weight is 547 g/mol. The number of rotatable bonds is 8. The van der Waals surface area contributed by atoms with Crippen molar-refractivity contribution in [1.29, 1.82) is 0 Å². The lowest BCUT2D eigenvalue weighted by atomic mass is 10.0. The summed E-state index contributed by atoms with van der Waals surface area (Å²) in [4.78, 5) is 19.4. The van der Waals surface area contributed by atoms with Gasteiger partial charge >= 0.3 is 0 Å². The molecule has 1 amide bonds. The van der Waals surface area contributed by atoms with Gasteiger partial charge in [0, 0.05) is 29.7 Å². The number of pyridine rings is 1. The Bertz CT molecular complexity index is 1460. The zero-order chi connectivity index (χ0) is 26.6. The SMILES string of the molecule is COc1ccccc1NC(=O)CCN1C(=S)N[C@H](c2ccccn2)[C@H]1c1ccc(-c2cc(Cl)ccc2C)o1. The fourth-order valence-electron chi connectivity index (χ4n) is 4.65. The normalized spacial score (nSPS) is 16.8. The number of aryl methyl sites for hydroxylation is 1. The van der Waals surface area contributed by atoms with Crippen molar-refractivity contribution in [2.45, 2.75) is 25.4 Å². The van der Waals surface area contributed by atoms with E-state index >= 15 is 0 Å². The maximum absolute atomic E-state index is 12.9. The van der Waals surface area contributed by atoms with Crippen LogP contribution in [0, 0.1) is 6.92 Å². The van der Waals surface area contributed by atoms with E-state index in [0.29, 0.717) is 39.6 Å². The predicted molar refractivity (Wildman–Crippen MR) is 152 cm³/mol. The van der Waals surface area contributed by atoms with Crippen molar-refractivity contribution in [1.82, 2.24) is 15.2 Å². The molecule has 9 heteroatoms. The maximum atomic E-state index is 12.9. The third kappa shape index (κ3) is 5.37. The average Bonchev–Trinajstić information content (AvgIpc) is 3.54. The molecule has 194 valence electrons. The quantitative estimate of drug-likeness (QED) is 0.251. The minimum absolute atomic E-state index is 0.146. The molecule has 0 saturated carbocycles. The first-order valence-corrected chi connectivity index (χ1v) is 13.0. The van der Waals surface area contributed by atoms with E-state index in [1.54, 1.807) is 25.4 Å². The fraction of sp³-hybridized carbons (Fsp3) is 0.207. The smallest absolute Gasteiger partial charge is 0.226 e. The van der Waals surface area contributed by atoms with Gasteiger partial charge in [-0.1, -0.05) is 35.9 Å². The molecule has 0 radical (unpaired) electrons. The van der Waals surface area contributed by atoms with Crippen LogP contribution in [0.5, 0.6) is 5.75 Å². The number of carbonyl (C=O) groups is 1. The fourth-order valence-corrected chi connectivity index (χ4v) is 5.16. The minimum atomic E-state index is -0.301. The third-order valence-corrected chi connectivity index (χ3v) is 7.13. The highest BCUT2D eigenvalue weighted by Crippen LogP contribution is 2.41. The number of carbonyl (C=O) groups excluding carboxylic acids is 1. The first kappa shape index (κ1) is 25.8. The minimum Gasteiger partial charge on any atom is -0.495 e. The summed E-state index contributed by atoms with van der Waals surface area (Å²) in [5.74, 6) is 1.89. The molecule has 4 aromatic rings. The molecule has 2 atom stereocenters. The molecule has 2 N–H and O–H groups in total. The van der Waals surface area contributed by atoms with Crippen molar-refractivity contribution >= 4 is 40.5 Å². The van der Waals surface area contributed by atoms with E-state index in [2.05, 4.69) is 15.6 Å². The molecule has 2 aromatic carbocycles. The van der Waals surface area contributed by atoms with Gasteiger partial charge in [-0.05, 0) is 73.2 Å². The molecule has 38 heavy (non-hydrogen) atoms. The topological polar surface area (TPSA) is 79.6 Å². The van der Waals surface area contributed by atoms with Gasteiger partial charge in [0.1, 0.15) is 23.3 Å². The van der Waals surface area contributed by atoms with E-state index in [0.717, 1.165) is 16.8 Å². The Hall–Kier alpha value is -3.88. The van der Waals surface area contributed by atoms with Crippen molar-refractivity contribution in [2.24, 2.45) is 0 Å². The van der Waals surface area contributed by atoms with Crippen LogP contribution in [0.4, 0.5) is 5.69 Å². The van der Waals surface area contributed by atoms with Gasteiger partial charge in [0.2, 0.25) is 5.91 Å². The van der Waals surface area contributed by atoms with E-state index in [-0.39, 0.29) is 24.4 Å². The Morgan fingerprint density at radius 3 is 2.76 bits per heavy atom. The van der Waals surface area contributed by atoms with Crippen LogP contribution < -0.4 is 15.4 Å². The van der Waals surface area contributed by atoms with E-state index in [1.807, 2.05) is 72.5 Å². The largest absolute Gasteiger partial charge is 0.495 e. The van der Waals surface area contributed by atoms with Crippen LogP contribution in [-0.2, 0) is 4.79 Å². The second kappa shape index (κ2) is 11.2. The number of amides is 1. The van der Waals surface area contributed by atoms with Crippen LogP contribution in [0.3, 0.4) is 0 Å². The second-order valence-corrected chi connectivity index (χ2v) is 9.80. The lowest BCUT2D eigenvalue weighted by Gasteiger charge is -2.26. The Kier molecular flexibility index (Phi) is 7.62. The van der Waals surface area contributed by atoms with Crippen molar-refractivity contribution in [3.8, 4) is 17.1 Å². The number of hydrogen-bond donors (Lipinski definition) is 2. The van der Waals surface area contributed by atoms with Crippen LogP contribution in [0.1, 0.15) is 35.5 Å². The summed E-state index contributed by atoms with van der Waals surface area (Å²) in [6.45, 7) is 2.40. The molecule has 0 aliphatic carbocycles. The first-order chi connectivity index (χ1) is 18.4. The third-order valence-electron chi connectivity index (χ3n) is 6.54. The van der Waals surface area contributed by atoms with Crippen molar-refractivity contribution in [3.05, 3.63) is 101 Å². The Labute approximate surface area is 231 Å². The van der Waals surface area contributed by atoms with Gasteiger partial charge in [-0.15, -0.1) is 0 Å². The van der Waals surface area contributed by atoms with Crippen LogP contribution in [0.25, 0.3) is 11.3 Å². The van der Waals surface area contributed by atoms with Gasteiger partial charge in [-0.3, -0.25) is 9.78 Å². The number of nitrogens with zero attached hydrogens (tertiary/aromatic N) is 2. The number of benzene rings is 2. The molecule has 5 rings (SSSR count). The number of methoxy groups -OCH3 is 1. The monoisotopic (exact) mass is 546 g/mol. The summed E-state index contributed by atoms with van der Waals surface area (Å²) in [6, 6.07) is 22.1. The highest BCUT2D eigenvalue weighted by Gasteiger charge is 2.41. The molecular formula is C29H27ClN4O3S. The number of aromatic nitrogens is 1. The number of nitrogens with one attached hydrogen (secondary N) is 2. The zero-order valence-corrected chi connectivity index (χ0v) is 22.6. The molecule has 2 aromatic heterocycles. The van der Waals surface area contributed by atoms with Crippen molar-refractivity contribution in [2.75, 3.05) is 19.0 Å². The van der Waals surface area contributed by atoms with Gasteiger partial charge in [-0.2, -0.15) is 0 Å². The predicted octanol–water partition coefficient (Wildman–Crippen LogP) is 6.31. The molecule has 0 spiro atoms. The van der Waals surface area contributed by atoms with E-state index in [4.69, 9.17) is 33.0 Å². The summed E-state index contributed by atoms with van der Waals surface area (Å²) in [5.41, 5.74) is 3.44. The Morgan fingerprint density at radius 2 is 1.97 bits per heavy atom. The number of halogens is 1. The lowest BCUT2D eigenvalue weighted by Crippen LogP contribution is -2.32. The van der Waals surface area contributed by atoms with Gasteiger partial charge in [0.05, 0.1) is 24.5 Å². The van der Waals surface area contributed by atoms with Crippen LogP contribution in [0.2, 0.25) is 5.02 Å². The van der Waals surface area contributed by atoms with Gasteiger partial charge < -0.3 is 24.7 Å². The molecule has 1 fully saturated rings. The standard InChI is InChI=1S/C29H27ClN4O3S/c1-18-10-11-19(30)17-20(18)23-12-13-25(37-23)28-27(22-8-5-6-15-31-22)33-29(38)34(28)16-14-26(35)32-21-7-3-4-9-24(21)36-2/h3-13,15,17,27-28H,14,16H2,1-2H3,(H,32,35)(H,33,38)/t27-,28-/m1/s1. The number of para-hydroxylation sites is 2. The number of hydrogen-bond acceptors (Lipinski definition) is 5. The number of anilines is 1. The zero-order valence-electron chi connectivity index (χ0n) is 21.0. The highest BCUT2D eigenvalue weighted by atomic mass is 35.5. The van der Waals surface area contributed by atoms with Gasteiger partial charge in [0.15, 0.2) is 5.11 Å². The van der Waals surface area contributed by atoms with Gasteiger partial charge in [-0.25, -0.2) is 0 Å². The number of ether oxygens (including phenoxy) is 1. The number of thiocarbonyl (C=S) groups is 1. The van der Waals surface area contributed by atoms with Crippen LogP contribution >= 0.6 is 23.8 Å². The van der Waals surface area contributed by atoms with E-state index in [1.165, 1.54) is 0 Å². The highest BCUT2D eigenvalue weighted by molar-refractivity contribution is 7.80. The molecule has 1 aliphatic rings. The van der Waals surface area contributed by atoms with Crippen molar-refractivity contribution < 1.29 is 13.9 Å². The summed E-state index contributed by atoms with van der Waals surface area (Å²) >= 11 is 12.0. The maximum Gasteiger partial charge on any atom is 0.226 e. The van der Waals surface area contributed by atoms with Crippen molar-refractivity contribution in [3.63, 3.8) is 0 Å². The molecular weight excluding hydrogens is 520 g/mol. The number of furan rings is 1. The second-order valence-electron chi connectivity index (χ2n) is 8.98. The molecule has 1 saturated heterocycles.